The Morgan fingerprint density at radius 2 is 2.50 bits per heavy atom. The van der Waals surface area contributed by atoms with Crippen LogP contribution in [0.2, 0.25) is 0 Å². The molecule has 0 amide bonds. The molecule has 0 aromatic carbocycles. The Morgan fingerprint density at radius 3 is 3.08 bits per heavy atom. The van der Waals surface area contributed by atoms with Crippen molar-refractivity contribution in [1.82, 2.24) is 9.78 Å². The van der Waals surface area contributed by atoms with E-state index >= 15 is 0 Å². The maximum atomic E-state index is 10.5. The van der Waals surface area contributed by atoms with Gasteiger partial charge in [0.05, 0.1) is 11.3 Å². The van der Waals surface area contributed by atoms with Crippen molar-refractivity contribution < 1.29 is 4.79 Å². The van der Waals surface area contributed by atoms with Gasteiger partial charge in [0.1, 0.15) is 0 Å². The van der Waals surface area contributed by atoms with Crippen LogP contribution in [0.15, 0.2) is 6.20 Å². The molecule has 12 heavy (non-hydrogen) atoms. The highest BCUT2D eigenvalue weighted by Crippen LogP contribution is 2.06. The zero-order valence-electron chi connectivity index (χ0n) is 6.96. The van der Waals surface area contributed by atoms with Crippen LogP contribution in [0.25, 0.3) is 0 Å². The summed E-state index contributed by atoms with van der Waals surface area (Å²) in [7, 11) is 1.80. The van der Waals surface area contributed by atoms with Gasteiger partial charge in [0.25, 0.3) is 0 Å². The molecule has 1 aromatic heterocycles. The van der Waals surface area contributed by atoms with Gasteiger partial charge in [0.2, 0.25) is 0 Å². The van der Waals surface area contributed by atoms with Crippen LogP contribution in [0, 0.1) is 0 Å². The molecule has 0 saturated carbocycles. The highest BCUT2D eigenvalue weighted by molar-refractivity contribution is 6.17. The Bertz CT molecular complexity index is 270. The Hall–Kier alpha value is -0.830. The van der Waals surface area contributed by atoms with Gasteiger partial charge in [-0.2, -0.15) is 5.10 Å². The minimum absolute atomic E-state index is 0.606. The molecule has 0 spiro atoms. The predicted molar refractivity (Wildman–Crippen MR) is 47.6 cm³/mol. The molecule has 1 rings (SSSR count). The van der Waals surface area contributed by atoms with Crippen LogP contribution in [0.1, 0.15) is 22.5 Å². The van der Waals surface area contributed by atoms with Crippen molar-refractivity contribution >= 4 is 17.9 Å². The molecule has 0 saturated heterocycles. The fourth-order valence-corrected chi connectivity index (χ4v) is 1.21. The van der Waals surface area contributed by atoms with Gasteiger partial charge in [0.15, 0.2) is 6.29 Å². The smallest absolute Gasteiger partial charge is 0.153 e. The van der Waals surface area contributed by atoms with Gasteiger partial charge in [-0.15, -0.1) is 11.6 Å². The Kier molecular flexibility index (Phi) is 3.29. The zero-order valence-corrected chi connectivity index (χ0v) is 7.71. The summed E-state index contributed by atoms with van der Waals surface area (Å²) in [5.74, 6) is 0.606. The van der Waals surface area contributed by atoms with Crippen molar-refractivity contribution in [2.75, 3.05) is 5.88 Å². The summed E-state index contributed by atoms with van der Waals surface area (Å²) in [5.41, 5.74) is 1.51. The Balaban J connectivity index is 2.74. The van der Waals surface area contributed by atoms with Gasteiger partial charge in [-0.25, -0.2) is 0 Å². The van der Waals surface area contributed by atoms with E-state index in [2.05, 4.69) is 5.10 Å². The summed E-state index contributed by atoms with van der Waals surface area (Å²) in [6.07, 6.45) is 4.19. The number of rotatable bonds is 4. The van der Waals surface area contributed by atoms with Crippen molar-refractivity contribution in [2.45, 2.75) is 12.8 Å². The second-order valence-corrected chi connectivity index (χ2v) is 2.99. The van der Waals surface area contributed by atoms with Crippen molar-refractivity contribution in [3.05, 3.63) is 17.5 Å². The molecular formula is C8H11ClN2O. The average molecular weight is 187 g/mol. The molecule has 0 aliphatic heterocycles. The fraction of sp³-hybridized carbons (Fsp3) is 0.500. The first kappa shape index (κ1) is 9.26. The van der Waals surface area contributed by atoms with Crippen LogP contribution < -0.4 is 0 Å². The maximum absolute atomic E-state index is 10.5. The Morgan fingerprint density at radius 1 is 1.75 bits per heavy atom. The van der Waals surface area contributed by atoms with E-state index in [9.17, 15) is 4.79 Å². The first-order chi connectivity index (χ1) is 5.77. The normalized spacial score (nSPS) is 10.2. The Labute approximate surface area is 76.3 Å². The quantitative estimate of drug-likeness (QED) is 0.527. The number of hydrogen-bond acceptors (Lipinski definition) is 2. The highest BCUT2D eigenvalue weighted by Gasteiger charge is 2.05. The number of carbonyl (C=O) groups excluding carboxylic acids is 1. The van der Waals surface area contributed by atoms with Crippen LogP contribution in [0.5, 0.6) is 0 Å². The van der Waals surface area contributed by atoms with Gasteiger partial charge in [-0.05, 0) is 12.8 Å². The highest BCUT2D eigenvalue weighted by atomic mass is 35.5. The summed E-state index contributed by atoms with van der Waals surface area (Å²) < 4.78 is 1.65. The standard InChI is InChI=1S/C8H11ClN2O/c1-11-5-7(6-12)8(10-11)3-2-4-9/h5-6H,2-4H2,1H3. The predicted octanol–water partition coefficient (Wildman–Crippen LogP) is 1.40. The summed E-state index contributed by atoms with van der Waals surface area (Å²) in [5, 5.41) is 4.15. The van der Waals surface area contributed by atoms with E-state index in [1.165, 1.54) is 0 Å². The molecule has 3 nitrogen and oxygen atoms in total. The summed E-state index contributed by atoms with van der Waals surface area (Å²) in [6, 6.07) is 0. The number of aryl methyl sites for hydroxylation is 2. The molecule has 0 bridgehead atoms. The number of aromatic nitrogens is 2. The second kappa shape index (κ2) is 4.26. The van der Waals surface area contributed by atoms with Crippen LogP contribution in [-0.2, 0) is 13.5 Å². The summed E-state index contributed by atoms with van der Waals surface area (Å²) >= 11 is 5.53. The average Bonchev–Trinajstić information content (AvgIpc) is 2.42. The van der Waals surface area contributed by atoms with E-state index in [1.807, 2.05) is 0 Å². The van der Waals surface area contributed by atoms with Gasteiger partial charge in [-0.1, -0.05) is 0 Å². The van der Waals surface area contributed by atoms with Crippen molar-refractivity contribution in [3.8, 4) is 0 Å². The molecule has 0 aliphatic rings. The molecule has 0 N–H and O–H groups in total. The van der Waals surface area contributed by atoms with Gasteiger partial charge in [-0.3, -0.25) is 9.48 Å². The maximum Gasteiger partial charge on any atom is 0.153 e. The number of hydrogen-bond donors (Lipinski definition) is 0. The molecule has 4 heteroatoms. The van der Waals surface area contributed by atoms with Crippen LogP contribution in [-0.4, -0.2) is 21.9 Å². The van der Waals surface area contributed by atoms with Crippen LogP contribution in [0.4, 0.5) is 0 Å². The van der Waals surface area contributed by atoms with Gasteiger partial charge >= 0.3 is 0 Å². The monoisotopic (exact) mass is 186 g/mol. The van der Waals surface area contributed by atoms with Gasteiger partial charge < -0.3 is 0 Å². The molecule has 0 radical (unpaired) electrons. The molecule has 0 atom stereocenters. The third kappa shape index (κ3) is 2.08. The van der Waals surface area contributed by atoms with E-state index in [0.29, 0.717) is 11.4 Å². The lowest BCUT2D eigenvalue weighted by Crippen LogP contribution is -1.93. The minimum Gasteiger partial charge on any atom is -0.298 e. The molecular weight excluding hydrogens is 176 g/mol. The number of carbonyl (C=O) groups is 1. The van der Waals surface area contributed by atoms with Crippen LogP contribution >= 0.6 is 11.6 Å². The van der Waals surface area contributed by atoms with E-state index < -0.39 is 0 Å². The van der Waals surface area contributed by atoms with E-state index in [1.54, 1.807) is 17.9 Å². The second-order valence-electron chi connectivity index (χ2n) is 2.62. The molecule has 66 valence electrons. The van der Waals surface area contributed by atoms with Gasteiger partial charge in [0, 0.05) is 19.1 Å². The minimum atomic E-state index is 0.606. The van der Waals surface area contributed by atoms with Crippen molar-refractivity contribution in [1.29, 1.82) is 0 Å². The zero-order chi connectivity index (χ0) is 8.97. The molecule has 1 aromatic rings. The first-order valence-corrected chi connectivity index (χ1v) is 4.35. The molecule has 0 fully saturated rings. The fourth-order valence-electron chi connectivity index (χ4n) is 1.08. The summed E-state index contributed by atoms with van der Waals surface area (Å²) in [4.78, 5) is 10.5. The lowest BCUT2D eigenvalue weighted by atomic mass is 10.2. The van der Waals surface area contributed by atoms with Crippen LogP contribution in [0.3, 0.4) is 0 Å². The summed E-state index contributed by atoms with van der Waals surface area (Å²) in [6.45, 7) is 0. The lowest BCUT2D eigenvalue weighted by Gasteiger charge is -1.92. The lowest BCUT2D eigenvalue weighted by molar-refractivity contribution is 0.112. The number of aldehydes is 1. The van der Waals surface area contributed by atoms with Crippen molar-refractivity contribution in [2.24, 2.45) is 7.05 Å². The molecule has 1 heterocycles. The molecule has 0 aliphatic carbocycles. The first-order valence-electron chi connectivity index (χ1n) is 3.81. The third-order valence-electron chi connectivity index (χ3n) is 1.61. The number of alkyl halides is 1. The third-order valence-corrected chi connectivity index (χ3v) is 1.88. The number of halogens is 1. The largest absolute Gasteiger partial charge is 0.298 e. The topological polar surface area (TPSA) is 34.9 Å². The van der Waals surface area contributed by atoms with Crippen molar-refractivity contribution in [3.63, 3.8) is 0 Å². The SMILES string of the molecule is Cn1cc(C=O)c(CCCCl)n1. The molecule has 0 unspecified atom stereocenters. The van der Waals surface area contributed by atoms with E-state index in [0.717, 1.165) is 24.8 Å². The van der Waals surface area contributed by atoms with E-state index in [-0.39, 0.29) is 0 Å². The number of nitrogens with zero attached hydrogens (tertiary/aromatic N) is 2. The van der Waals surface area contributed by atoms with E-state index in [4.69, 9.17) is 11.6 Å².